The molecular formula is C94H80N2. The number of unbranched alkanes of at least 4 members (excludes halogenated alkanes) is 4. The minimum absolute atomic E-state index is 0.0746. The Kier molecular flexibility index (Phi) is 14.6. The molecule has 2 heterocycles. The zero-order chi connectivity index (χ0) is 64.8. The summed E-state index contributed by atoms with van der Waals surface area (Å²) in [7, 11) is 0. The first-order valence-electron chi connectivity index (χ1n) is 35.2. The lowest BCUT2D eigenvalue weighted by molar-refractivity contribution is 0.407. The van der Waals surface area contributed by atoms with Crippen LogP contribution in [0.25, 0.3) is 144 Å². The molecule has 2 aliphatic carbocycles. The Morgan fingerprint density at radius 3 is 1.35 bits per heavy atom. The highest BCUT2D eigenvalue weighted by atomic mass is 15.0. The Hall–Kier alpha value is -10.5. The van der Waals surface area contributed by atoms with Crippen molar-refractivity contribution in [2.75, 3.05) is 0 Å². The average molecular weight is 1240 g/mol. The summed E-state index contributed by atoms with van der Waals surface area (Å²) in [6.45, 7) is 13.9. The van der Waals surface area contributed by atoms with Crippen LogP contribution in [0.15, 0.2) is 279 Å². The van der Waals surface area contributed by atoms with Gasteiger partial charge < -0.3 is 9.13 Å². The fraction of sp³-hybridized carbons (Fsp3) is 0.170. The van der Waals surface area contributed by atoms with Crippen molar-refractivity contribution in [3.8, 4) is 100 Å². The van der Waals surface area contributed by atoms with Gasteiger partial charge in [0.25, 0.3) is 0 Å². The van der Waals surface area contributed by atoms with Crippen molar-refractivity contribution in [1.82, 2.24) is 9.13 Å². The number of aryl methyl sites for hydroxylation is 2. The van der Waals surface area contributed by atoms with Crippen LogP contribution in [0.5, 0.6) is 0 Å². The molecule has 2 nitrogen and oxygen atoms in total. The lowest BCUT2D eigenvalue weighted by Crippen LogP contribution is -2.25. The molecule has 1 unspecified atom stereocenters. The molecular weight excluding hydrogens is 1160 g/mol. The summed E-state index contributed by atoms with van der Waals surface area (Å²) < 4.78 is 4.89. The molecule has 1 atom stereocenters. The van der Waals surface area contributed by atoms with Gasteiger partial charge in [-0.25, -0.2) is 0 Å². The highest BCUT2D eigenvalue weighted by molar-refractivity contribution is 6.11. The van der Waals surface area contributed by atoms with Gasteiger partial charge in [0.15, 0.2) is 0 Å². The molecule has 0 N–H and O–H groups in total. The van der Waals surface area contributed by atoms with E-state index in [0.717, 1.165) is 18.5 Å². The number of benzene rings is 13. The van der Waals surface area contributed by atoms with E-state index in [-0.39, 0.29) is 10.8 Å². The first-order valence-corrected chi connectivity index (χ1v) is 35.2. The topological polar surface area (TPSA) is 9.86 Å². The summed E-state index contributed by atoms with van der Waals surface area (Å²) in [5, 5.41) is 5.07. The molecule has 466 valence electrons. The highest BCUT2D eigenvalue weighted by Gasteiger charge is 2.43. The second kappa shape index (κ2) is 23.7. The molecule has 0 bridgehead atoms. The maximum absolute atomic E-state index is 2.59. The van der Waals surface area contributed by atoms with Crippen LogP contribution in [0.3, 0.4) is 0 Å². The molecule has 17 rings (SSSR count). The molecule has 13 aromatic carbocycles. The predicted molar refractivity (Wildman–Crippen MR) is 409 cm³/mol. The van der Waals surface area contributed by atoms with E-state index in [0.29, 0.717) is 0 Å². The summed E-state index contributed by atoms with van der Waals surface area (Å²) in [6, 6.07) is 107. The fourth-order valence-electron chi connectivity index (χ4n) is 17.1. The second-order valence-corrected chi connectivity index (χ2v) is 28.2. The Bertz CT molecular complexity index is 5500. The summed E-state index contributed by atoms with van der Waals surface area (Å²) >= 11 is 0. The third-order valence-electron chi connectivity index (χ3n) is 22.0. The van der Waals surface area contributed by atoms with Crippen LogP contribution in [0.2, 0.25) is 0 Å². The van der Waals surface area contributed by atoms with Crippen molar-refractivity contribution in [3.05, 3.63) is 312 Å². The minimum atomic E-state index is -0.105. The van der Waals surface area contributed by atoms with Crippen LogP contribution < -0.4 is 0 Å². The molecule has 96 heavy (non-hydrogen) atoms. The maximum Gasteiger partial charge on any atom is 0.0541 e. The first kappa shape index (κ1) is 59.2. The Morgan fingerprint density at radius 1 is 0.271 bits per heavy atom. The number of para-hydroxylation sites is 3. The molecule has 2 heteroatoms. The molecule has 0 aliphatic heterocycles. The number of aromatic nitrogens is 2. The van der Waals surface area contributed by atoms with E-state index in [1.54, 1.807) is 0 Å². The third kappa shape index (κ3) is 9.73. The van der Waals surface area contributed by atoms with Gasteiger partial charge in [-0.3, -0.25) is 0 Å². The van der Waals surface area contributed by atoms with Gasteiger partial charge in [-0.2, -0.15) is 0 Å². The van der Waals surface area contributed by atoms with Crippen molar-refractivity contribution in [1.29, 1.82) is 0 Å². The average Bonchev–Trinajstić information content (AvgIpc) is 1.55. The lowest BCUT2D eigenvalue weighted by atomic mass is 9.70. The van der Waals surface area contributed by atoms with Crippen molar-refractivity contribution in [2.45, 2.75) is 104 Å². The summed E-state index contributed by atoms with van der Waals surface area (Å²) in [5.41, 5.74) is 35.8. The molecule has 0 saturated carbocycles. The van der Waals surface area contributed by atoms with Gasteiger partial charge in [0, 0.05) is 43.7 Å². The quantitative estimate of drug-likeness (QED) is 0.0854. The summed E-state index contributed by atoms with van der Waals surface area (Å²) in [5.74, 6) is 0. The van der Waals surface area contributed by atoms with Gasteiger partial charge in [-0.05, 0) is 217 Å². The largest absolute Gasteiger partial charge is 0.309 e. The van der Waals surface area contributed by atoms with E-state index >= 15 is 0 Å². The molecule has 0 saturated heterocycles. The third-order valence-corrected chi connectivity index (χ3v) is 22.0. The van der Waals surface area contributed by atoms with Crippen molar-refractivity contribution in [3.63, 3.8) is 0 Å². The normalized spacial score (nSPS) is 14.4. The van der Waals surface area contributed by atoms with Gasteiger partial charge in [0.1, 0.15) is 0 Å². The highest BCUT2D eigenvalue weighted by Crippen LogP contribution is 2.57. The number of fused-ring (bicyclic) bond motifs is 12. The maximum atomic E-state index is 2.59. The smallest absolute Gasteiger partial charge is 0.0541 e. The molecule has 0 spiro atoms. The van der Waals surface area contributed by atoms with E-state index in [2.05, 4.69) is 330 Å². The Balaban J connectivity index is 0.711. The minimum Gasteiger partial charge on any atom is -0.309 e. The van der Waals surface area contributed by atoms with Crippen molar-refractivity contribution < 1.29 is 0 Å². The monoisotopic (exact) mass is 1240 g/mol. The van der Waals surface area contributed by atoms with Gasteiger partial charge in [0.05, 0.1) is 22.1 Å². The second-order valence-electron chi connectivity index (χ2n) is 28.2. The van der Waals surface area contributed by atoms with Crippen LogP contribution >= 0.6 is 0 Å². The van der Waals surface area contributed by atoms with Crippen LogP contribution in [-0.2, 0) is 10.8 Å². The molecule has 2 aromatic heterocycles. The van der Waals surface area contributed by atoms with Crippen LogP contribution in [0.4, 0.5) is 0 Å². The summed E-state index contributed by atoms with van der Waals surface area (Å²) in [4.78, 5) is 0. The molecule has 0 amide bonds. The number of hydrogen-bond donors (Lipinski definition) is 0. The number of rotatable bonds is 16. The molecule has 2 aliphatic rings. The zero-order valence-corrected chi connectivity index (χ0v) is 56.1. The lowest BCUT2D eigenvalue weighted by Gasteiger charge is -2.33. The van der Waals surface area contributed by atoms with Gasteiger partial charge in [-0.1, -0.05) is 278 Å². The SMILES string of the molecule is CCCCCCC1(CCCC)c2cc(-c3ccc(-n4c5ccccc5c5ccccc54)cc3)ccc2-c2ccc(-c3ccc(-n4c5ccccc5c5cc(-c6cccc(-c7cc(-c8cccc(C)c8)ccc7-c7cccc8c7-c7ccc(C)cc7C8(C)C)c6)ccc54)cc3)cc21. The molecule has 0 fully saturated rings. The van der Waals surface area contributed by atoms with E-state index in [1.165, 1.54) is 210 Å². The Labute approximate surface area is 565 Å². The van der Waals surface area contributed by atoms with E-state index < -0.39 is 0 Å². The van der Waals surface area contributed by atoms with Gasteiger partial charge in [-0.15, -0.1) is 0 Å². The van der Waals surface area contributed by atoms with Gasteiger partial charge in [0.2, 0.25) is 0 Å². The van der Waals surface area contributed by atoms with E-state index in [9.17, 15) is 0 Å². The van der Waals surface area contributed by atoms with Crippen LogP contribution in [0.1, 0.15) is 112 Å². The van der Waals surface area contributed by atoms with Crippen LogP contribution in [0, 0.1) is 13.8 Å². The van der Waals surface area contributed by atoms with Crippen molar-refractivity contribution >= 4 is 43.6 Å². The zero-order valence-electron chi connectivity index (χ0n) is 56.1. The van der Waals surface area contributed by atoms with Gasteiger partial charge >= 0.3 is 0 Å². The molecule has 0 radical (unpaired) electrons. The number of nitrogens with zero attached hydrogens (tertiary/aromatic N) is 2. The standard InChI is InChI=1S/C94H80N2/c1-7-9-11-18-53-94(52-10-8-2)86-59-69(63-35-43-72(44-36-63)95-88-31-15-12-26-77(88)78-27-13-16-32-89(78)95)40-49-75(86)76-50-41-70(60-87(76)94)64-37-45-73(46-38-64)96-90-33-17-14-28-79(90)83-58-68(42-51-91(83)96)66-24-20-25-71(56-66)82-57-67(65-23-19-22-61(3)54-65)39-48-74(82)80-29-21-30-84-92(80)81-47-34-62(4)55-85(81)93(84,5)6/h12-17,19-51,54-60H,7-11,18,52-53H2,1-6H3. The number of hydrogen-bond acceptors (Lipinski definition) is 0. The van der Waals surface area contributed by atoms with E-state index in [4.69, 9.17) is 0 Å². The molecule has 15 aromatic rings. The predicted octanol–water partition coefficient (Wildman–Crippen LogP) is 26.2. The first-order chi connectivity index (χ1) is 47.1. The Morgan fingerprint density at radius 2 is 0.740 bits per heavy atom. The van der Waals surface area contributed by atoms with E-state index in [1.807, 2.05) is 0 Å². The van der Waals surface area contributed by atoms with Crippen LogP contribution in [-0.4, -0.2) is 9.13 Å². The van der Waals surface area contributed by atoms with Crippen molar-refractivity contribution in [2.24, 2.45) is 0 Å². The fourth-order valence-corrected chi connectivity index (χ4v) is 17.1. The summed E-state index contributed by atoms with van der Waals surface area (Å²) in [6.07, 6.45) is 9.62.